The molecule has 1 rings (SSSR count). The minimum Gasteiger partial charge on any atom is -0.392 e. The smallest absolute Gasteiger partial charge is 0.218 e. The zero-order valence-electron chi connectivity index (χ0n) is 8.06. The van der Waals surface area contributed by atoms with E-state index in [9.17, 15) is 8.42 Å². The SMILES string of the molecule is Cc1cnc(CNS(=O)(=O)CC(N)=S)s1. The molecule has 0 fully saturated rings. The summed E-state index contributed by atoms with van der Waals surface area (Å²) in [6.45, 7) is 2.09. The molecule has 3 N–H and O–H groups in total. The number of rotatable bonds is 5. The van der Waals surface area contributed by atoms with E-state index in [-0.39, 0.29) is 17.3 Å². The highest BCUT2D eigenvalue weighted by Gasteiger charge is 2.12. The van der Waals surface area contributed by atoms with Crippen LogP contribution in [0, 0.1) is 6.92 Å². The number of nitrogens with zero attached hydrogens (tertiary/aromatic N) is 1. The number of thiazole rings is 1. The van der Waals surface area contributed by atoms with Crippen molar-refractivity contribution in [2.24, 2.45) is 5.73 Å². The molecule has 0 unspecified atom stereocenters. The Hall–Kier alpha value is -0.570. The van der Waals surface area contributed by atoms with Crippen molar-refractivity contribution in [3.8, 4) is 0 Å². The molecule has 0 atom stereocenters. The van der Waals surface area contributed by atoms with Crippen molar-refractivity contribution in [2.45, 2.75) is 13.5 Å². The molecular weight excluding hydrogens is 254 g/mol. The lowest BCUT2D eigenvalue weighted by Gasteiger charge is -2.02. The average molecular weight is 265 g/mol. The molecule has 0 aliphatic heterocycles. The molecule has 15 heavy (non-hydrogen) atoms. The largest absolute Gasteiger partial charge is 0.392 e. The maximum atomic E-state index is 11.3. The third-order valence-electron chi connectivity index (χ3n) is 1.44. The molecule has 0 saturated heterocycles. The molecule has 0 bridgehead atoms. The van der Waals surface area contributed by atoms with Gasteiger partial charge in [-0.3, -0.25) is 0 Å². The number of aromatic nitrogens is 1. The number of nitrogens with one attached hydrogen (secondary N) is 1. The van der Waals surface area contributed by atoms with Crippen LogP contribution in [0.2, 0.25) is 0 Å². The fourth-order valence-corrected chi connectivity index (χ4v) is 3.01. The van der Waals surface area contributed by atoms with E-state index in [0.717, 1.165) is 9.88 Å². The first kappa shape index (κ1) is 12.5. The quantitative estimate of drug-likeness (QED) is 0.741. The van der Waals surface area contributed by atoms with Crippen LogP contribution in [0.15, 0.2) is 6.20 Å². The highest BCUT2D eigenvalue weighted by molar-refractivity contribution is 7.92. The first-order chi connectivity index (χ1) is 6.89. The van der Waals surface area contributed by atoms with Crippen LogP contribution < -0.4 is 10.5 Å². The maximum Gasteiger partial charge on any atom is 0.218 e. The second-order valence-corrected chi connectivity index (χ2v) is 6.56. The van der Waals surface area contributed by atoms with Crippen molar-refractivity contribution < 1.29 is 8.42 Å². The van der Waals surface area contributed by atoms with E-state index in [1.807, 2.05) is 6.92 Å². The molecule has 0 aliphatic rings. The first-order valence-corrected chi connectivity index (χ1v) is 6.94. The van der Waals surface area contributed by atoms with Crippen LogP contribution in [0.25, 0.3) is 0 Å². The molecule has 0 aromatic carbocycles. The Kier molecular flexibility index (Phi) is 4.14. The van der Waals surface area contributed by atoms with Crippen LogP contribution in [-0.2, 0) is 16.6 Å². The number of hydrogen-bond acceptors (Lipinski definition) is 5. The Balaban J connectivity index is 2.53. The van der Waals surface area contributed by atoms with Crippen molar-refractivity contribution in [3.05, 3.63) is 16.1 Å². The van der Waals surface area contributed by atoms with Crippen molar-refractivity contribution in [2.75, 3.05) is 5.75 Å². The average Bonchev–Trinajstić information content (AvgIpc) is 2.46. The first-order valence-electron chi connectivity index (χ1n) is 4.06. The topological polar surface area (TPSA) is 85.1 Å². The summed E-state index contributed by atoms with van der Waals surface area (Å²) in [4.78, 5) is 5.02. The Morgan fingerprint density at radius 1 is 1.73 bits per heavy atom. The molecule has 1 aromatic rings. The van der Waals surface area contributed by atoms with Gasteiger partial charge in [-0.15, -0.1) is 11.3 Å². The molecular formula is C7H11N3O2S3. The predicted octanol–water partition coefficient (Wildman–Crippen LogP) is 0.157. The van der Waals surface area contributed by atoms with E-state index >= 15 is 0 Å². The van der Waals surface area contributed by atoms with Crippen LogP contribution in [0.4, 0.5) is 0 Å². The molecule has 1 heterocycles. The number of aryl methyl sites for hydroxylation is 1. The van der Waals surface area contributed by atoms with Gasteiger partial charge in [0.15, 0.2) is 0 Å². The van der Waals surface area contributed by atoms with E-state index in [2.05, 4.69) is 21.9 Å². The molecule has 0 saturated carbocycles. The highest BCUT2D eigenvalue weighted by atomic mass is 32.2. The Labute approximate surface area is 97.8 Å². The molecule has 0 aliphatic carbocycles. The second kappa shape index (κ2) is 4.97. The Bertz CT molecular complexity index is 452. The van der Waals surface area contributed by atoms with Gasteiger partial charge in [-0.2, -0.15) is 0 Å². The molecule has 0 radical (unpaired) electrons. The van der Waals surface area contributed by atoms with Gasteiger partial charge in [0.05, 0.1) is 11.5 Å². The van der Waals surface area contributed by atoms with Gasteiger partial charge in [-0.1, -0.05) is 12.2 Å². The van der Waals surface area contributed by atoms with Crippen LogP contribution in [0.5, 0.6) is 0 Å². The minimum absolute atomic E-state index is 0.0437. The fraction of sp³-hybridized carbons (Fsp3) is 0.429. The summed E-state index contributed by atoms with van der Waals surface area (Å²) in [5, 5.41) is 0.721. The molecule has 5 nitrogen and oxygen atoms in total. The summed E-state index contributed by atoms with van der Waals surface area (Å²) in [5.41, 5.74) is 5.15. The van der Waals surface area contributed by atoms with Gasteiger partial charge in [-0.25, -0.2) is 18.1 Å². The predicted molar refractivity (Wildman–Crippen MR) is 64.3 cm³/mol. The molecule has 1 aromatic heterocycles. The second-order valence-electron chi connectivity index (χ2n) is 2.91. The Morgan fingerprint density at radius 2 is 2.40 bits per heavy atom. The lowest BCUT2D eigenvalue weighted by Crippen LogP contribution is -2.31. The fourth-order valence-electron chi connectivity index (χ4n) is 0.893. The summed E-state index contributed by atoms with van der Waals surface area (Å²) >= 11 is 5.97. The van der Waals surface area contributed by atoms with Gasteiger partial charge in [0, 0.05) is 11.1 Å². The van der Waals surface area contributed by atoms with Crippen molar-refractivity contribution >= 4 is 38.6 Å². The minimum atomic E-state index is -3.42. The van der Waals surface area contributed by atoms with Gasteiger partial charge >= 0.3 is 0 Å². The number of sulfonamides is 1. The summed E-state index contributed by atoms with van der Waals surface area (Å²) in [6, 6.07) is 0. The van der Waals surface area contributed by atoms with Crippen LogP contribution in [-0.4, -0.2) is 24.1 Å². The van der Waals surface area contributed by atoms with Gasteiger partial charge in [0.1, 0.15) is 10.8 Å². The molecule has 8 heteroatoms. The standard InChI is InChI=1S/C7H11N3O2S3/c1-5-2-9-7(14-5)3-10-15(11,12)4-6(8)13/h2,10H,3-4H2,1H3,(H2,8,13). The number of hydrogen-bond donors (Lipinski definition) is 2. The summed E-state index contributed by atoms with van der Waals surface area (Å²) < 4.78 is 25.0. The van der Waals surface area contributed by atoms with E-state index in [4.69, 9.17) is 5.73 Å². The van der Waals surface area contributed by atoms with Gasteiger partial charge in [-0.05, 0) is 6.92 Å². The van der Waals surface area contributed by atoms with E-state index in [1.54, 1.807) is 6.20 Å². The summed E-state index contributed by atoms with van der Waals surface area (Å²) in [7, 11) is -3.42. The van der Waals surface area contributed by atoms with Crippen LogP contribution in [0.1, 0.15) is 9.88 Å². The summed E-state index contributed by atoms with van der Waals surface area (Å²) in [6.07, 6.45) is 1.70. The van der Waals surface area contributed by atoms with Crippen molar-refractivity contribution in [1.29, 1.82) is 0 Å². The lowest BCUT2D eigenvalue weighted by atomic mass is 10.6. The van der Waals surface area contributed by atoms with E-state index in [1.165, 1.54) is 11.3 Å². The third kappa shape index (κ3) is 4.65. The maximum absolute atomic E-state index is 11.3. The van der Waals surface area contributed by atoms with Gasteiger partial charge < -0.3 is 5.73 Å². The van der Waals surface area contributed by atoms with Gasteiger partial charge in [0.2, 0.25) is 10.0 Å². The zero-order chi connectivity index (χ0) is 11.5. The van der Waals surface area contributed by atoms with E-state index in [0.29, 0.717) is 0 Å². The van der Waals surface area contributed by atoms with E-state index < -0.39 is 10.0 Å². The van der Waals surface area contributed by atoms with Crippen molar-refractivity contribution in [1.82, 2.24) is 9.71 Å². The number of thiocarbonyl (C=S) groups is 1. The lowest BCUT2D eigenvalue weighted by molar-refractivity contribution is 0.585. The monoisotopic (exact) mass is 265 g/mol. The van der Waals surface area contributed by atoms with Gasteiger partial charge in [0.25, 0.3) is 0 Å². The normalized spacial score (nSPS) is 11.5. The molecule has 0 spiro atoms. The molecule has 0 amide bonds. The van der Waals surface area contributed by atoms with Crippen molar-refractivity contribution in [3.63, 3.8) is 0 Å². The van der Waals surface area contributed by atoms with Crippen LogP contribution in [0.3, 0.4) is 0 Å². The zero-order valence-corrected chi connectivity index (χ0v) is 10.5. The third-order valence-corrected chi connectivity index (χ3v) is 3.96. The highest BCUT2D eigenvalue weighted by Crippen LogP contribution is 2.10. The summed E-state index contributed by atoms with van der Waals surface area (Å²) in [5.74, 6) is -0.327. The van der Waals surface area contributed by atoms with Crippen LogP contribution >= 0.6 is 23.6 Å². The Morgan fingerprint density at radius 3 is 2.87 bits per heavy atom. The molecule has 84 valence electrons. The number of nitrogens with two attached hydrogens (primary N) is 1.